The highest BCUT2D eigenvalue weighted by molar-refractivity contribution is 5.24. The van der Waals surface area contributed by atoms with Crippen LogP contribution in [0.3, 0.4) is 0 Å². The van der Waals surface area contributed by atoms with E-state index in [9.17, 15) is 5.11 Å². The lowest BCUT2D eigenvalue weighted by Crippen LogP contribution is -2.49. The highest BCUT2D eigenvalue weighted by atomic mass is 16.3. The second kappa shape index (κ2) is 5.65. The van der Waals surface area contributed by atoms with Gasteiger partial charge in [0.2, 0.25) is 0 Å². The van der Waals surface area contributed by atoms with E-state index >= 15 is 0 Å². The number of aliphatic hydroxyl groups is 1. The summed E-state index contributed by atoms with van der Waals surface area (Å²) in [5.74, 6) is 0. The summed E-state index contributed by atoms with van der Waals surface area (Å²) in [5, 5.41) is 13.4. The topological polar surface area (TPSA) is 32.3 Å². The lowest BCUT2D eigenvalue weighted by molar-refractivity contribution is 0.150. The first-order valence-corrected chi connectivity index (χ1v) is 6.69. The van der Waals surface area contributed by atoms with Gasteiger partial charge in [-0.25, -0.2) is 0 Å². The van der Waals surface area contributed by atoms with Crippen LogP contribution in [0.4, 0.5) is 0 Å². The number of nitrogens with one attached hydrogen (secondary N) is 1. The number of hydrogen-bond acceptors (Lipinski definition) is 2. The first kappa shape index (κ1) is 12.6. The minimum atomic E-state index is -0.302. The summed E-state index contributed by atoms with van der Waals surface area (Å²) in [7, 11) is 0. The van der Waals surface area contributed by atoms with E-state index in [1.165, 1.54) is 37.7 Å². The van der Waals surface area contributed by atoms with Gasteiger partial charge in [-0.2, -0.15) is 0 Å². The molecule has 1 atom stereocenters. The smallest absolute Gasteiger partial charge is 0.0652 e. The molecule has 1 saturated carbocycles. The molecule has 1 aromatic carbocycles. The van der Waals surface area contributed by atoms with Gasteiger partial charge in [0.1, 0.15) is 0 Å². The molecule has 1 fully saturated rings. The van der Waals surface area contributed by atoms with Crippen LogP contribution >= 0.6 is 0 Å². The maximum Gasteiger partial charge on any atom is 0.0652 e. The molecule has 2 rings (SSSR count). The molecule has 2 nitrogen and oxygen atoms in total. The Kier molecular flexibility index (Phi) is 4.19. The molecule has 17 heavy (non-hydrogen) atoms. The Morgan fingerprint density at radius 2 is 1.82 bits per heavy atom. The van der Waals surface area contributed by atoms with Crippen molar-refractivity contribution in [3.8, 4) is 0 Å². The molecule has 0 bridgehead atoms. The molecule has 94 valence electrons. The molecule has 0 spiro atoms. The van der Waals surface area contributed by atoms with Crippen LogP contribution in [0.2, 0.25) is 0 Å². The molecule has 0 aliphatic heterocycles. The SMILES string of the molecule is CC(CO)(NC1CCCCC1)c1ccccc1. The first-order valence-electron chi connectivity index (χ1n) is 6.69. The summed E-state index contributed by atoms with van der Waals surface area (Å²) >= 11 is 0. The zero-order valence-corrected chi connectivity index (χ0v) is 10.7. The van der Waals surface area contributed by atoms with Crippen LogP contribution in [0, 0.1) is 0 Å². The van der Waals surface area contributed by atoms with E-state index in [1.54, 1.807) is 0 Å². The van der Waals surface area contributed by atoms with E-state index in [1.807, 2.05) is 18.2 Å². The highest BCUT2D eigenvalue weighted by Gasteiger charge is 2.28. The molecule has 0 saturated heterocycles. The van der Waals surface area contributed by atoms with Crippen molar-refractivity contribution >= 4 is 0 Å². The Labute approximate surface area is 104 Å². The van der Waals surface area contributed by atoms with Gasteiger partial charge in [-0.15, -0.1) is 0 Å². The summed E-state index contributed by atoms with van der Waals surface area (Å²) in [6.07, 6.45) is 6.46. The molecule has 1 aromatic rings. The number of benzene rings is 1. The van der Waals surface area contributed by atoms with Gasteiger partial charge in [0.25, 0.3) is 0 Å². The van der Waals surface area contributed by atoms with Gasteiger partial charge in [-0.3, -0.25) is 0 Å². The Morgan fingerprint density at radius 3 is 2.41 bits per heavy atom. The lowest BCUT2D eigenvalue weighted by atomic mass is 9.88. The second-order valence-corrected chi connectivity index (χ2v) is 5.34. The maximum absolute atomic E-state index is 9.71. The van der Waals surface area contributed by atoms with E-state index in [2.05, 4.69) is 24.4 Å². The molecule has 2 heteroatoms. The highest BCUT2D eigenvalue weighted by Crippen LogP contribution is 2.25. The maximum atomic E-state index is 9.71. The second-order valence-electron chi connectivity index (χ2n) is 5.34. The quantitative estimate of drug-likeness (QED) is 0.838. The molecule has 1 aliphatic carbocycles. The molecule has 0 radical (unpaired) electrons. The van der Waals surface area contributed by atoms with Crippen LogP contribution in [0.5, 0.6) is 0 Å². The third-order valence-corrected chi connectivity index (χ3v) is 3.86. The minimum absolute atomic E-state index is 0.146. The van der Waals surface area contributed by atoms with E-state index in [0.717, 1.165) is 0 Å². The summed E-state index contributed by atoms with van der Waals surface area (Å²) in [5.41, 5.74) is 0.872. The predicted octanol–water partition coefficient (Wildman–Crippen LogP) is 2.82. The largest absolute Gasteiger partial charge is 0.394 e. The summed E-state index contributed by atoms with van der Waals surface area (Å²) in [6, 6.07) is 10.8. The van der Waals surface area contributed by atoms with E-state index < -0.39 is 0 Å². The van der Waals surface area contributed by atoms with Crippen molar-refractivity contribution in [2.24, 2.45) is 0 Å². The Hall–Kier alpha value is -0.860. The Balaban J connectivity index is 2.08. The summed E-state index contributed by atoms with van der Waals surface area (Å²) in [4.78, 5) is 0. The van der Waals surface area contributed by atoms with Crippen LogP contribution in [0.25, 0.3) is 0 Å². The van der Waals surface area contributed by atoms with Gasteiger partial charge in [0.15, 0.2) is 0 Å². The number of rotatable bonds is 4. The van der Waals surface area contributed by atoms with Crippen LogP contribution in [-0.2, 0) is 5.54 Å². The van der Waals surface area contributed by atoms with Gasteiger partial charge < -0.3 is 10.4 Å². The fourth-order valence-electron chi connectivity index (χ4n) is 2.72. The number of hydrogen-bond donors (Lipinski definition) is 2. The molecular weight excluding hydrogens is 210 g/mol. The van der Waals surface area contributed by atoms with Gasteiger partial charge in [-0.05, 0) is 25.3 Å². The average molecular weight is 233 g/mol. The van der Waals surface area contributed by atoms with Crippen molar-refractivity contribution < 1.29 is 5.11 Å². The van der Waals surface area contributed by atoms with E-state index in [-0.39, 0.29) is 12.1 Å². The fourth-order valence-corrected chi connectivity index (χ4v) is 2.72. The summed E-state index contributed by atoms with van der Waals surface area (Å²) in [6.45, 7) is 2.24. The van der Waals surface area contributed by atoms with Gasteiger partial charge in [0, 0.05) is 6.04 Å². The van der Waals surface area contributed by atoms with Crippen molar-refractivity contribution in [1.29, 1.82) is 0 Å². The number of aliphatic hydroxyl groups excluding tert-OH is 1. The van der Waals surface area contributed by atoms with Crippen LogP contribution in [-0.4, -0.2) is 17.8 Å². The molecule has 2 N–H and O–H groups in total. The third kappa shape index (κ3) is 3.08. The molecule has 1 unspecified atom stereocenters. The zero-order chi connectivity index (χ0) is 12.1. The van der Waals surface area contributed by atoms with Crippen molar-refractivity contribution in [2.75, 3.05) is 6.61 Å². The molecular formula is C15H23NO. The summed E-state index contributed by atoms with van der Waals surface area (Å²) < 4.78 is 0. The lowest BCUT2D eigenvalue weighted by Gasteiger charge is -2.36. The standard InChI is InChI=1S/C15H23NO/c1-15(12-17,13-8-4-2-5-9-13)16-14-10-6-3-7-11-14/h2,4-5,8-9,14,16-17H,3,6-7,10-12H2,1H3. The predicted molar refractivity (Wildman–Crippen MR) is 70.9 cm³/mol. The van der Waals surface area contributed by atoms with Crippen LogP contribution in [0.15, 0.2) is 30.3 Å². The minimum Gasteiger partial charge on any atom is -0.394 e. The molecule has 0 amide bonds. The third-order valence-electron chi connectivity index (χ3n) is 3.86. The normalized spacial score (nSPS) is 21.1. The first-order chi connectivity index (χ1) is 8.24. The van der Waals surface area contributed by atoms with Crippen molar-refractivity contribution in [2.45, 2.75) is 50.6 Å². The van der Waals surface area contributed by atoms with Crippen LogP contribution < -0.4 is 5.32 Å². The molecule has 0 aromatic heterocycles. The Morgan fingerprint density at radius 1 is 1.18 bits per heavy atom. The molecule has 1 aliphatic rings. The Bertz CT molecular complexity index is 332. The molecule has 0 heterocycles. The van der Waals surface area contributed by atoms with Gasteiger partial charge in [-0.1, -0.05) is 49.6 Å². The van der Waals surface area contributed by atoms with Crippen molar-refractivity contribution in [1.82, 2.24) is 5.32 Å². The zero-order valence-electron chi connectivity index (χ0n) is 10.7. The van der Waals surface area contributed by atoms with E-state index in [4.69, 9.17) is 0 Å². The van der Waals surface area contributed by atoms with Crippen LogP contribution in [0.1, 0.15) is 44.6 Å². The fraction of sp³-hybridized carbons (Fsp3) is 0.600. The average Bonchev–Trinajstić information content (AvgIpc) is 2.41. The van der Waals surface area contributed by atoms with Crippen molar-refractivity contribution in [3.05, 3.63) is 35.9 Å². The van der Waals surface area contributed by atoms with Gasteiger partial charge >= 0.3 is 0 Å². The monoisotopic (exact) mass is 233 g/mol. The van der Waals surface area contributed by atoms with Gasteiger partial charge in [0.05, 0.1) is 12.1 Å². The van der Waals surface area contributed by atoms with E-state index in [0.29, 0.717) is 6.04 Å². The van der Waals surface area contributed by atoms with Crippen molar-refractivity contribution in [3.63, 3.8) is 0 Å².